The van der Waals surface area contributed by atoms with Crippen molar-refractivity contribution >= 4 is 11.8 Å². The Bertz CT molecular complexity index is 664. The van der Waals surface area contributed by atoms with Crippen molar-refractivity contribution in [3.8, 4) is 0 Å². The van der Waals surface area contributed by atoms with Gasteiger partial charge in [-0.3, -0.25) is 14.5 Å². The van der Waals surface area contributed by atoms with Gasteiger partial charge < -0.3 is 10.2 Å². The Balaban J connectivity index is 1.30. The summed E-state index contributed by atoms with van der Waals surface area (Å²) in [5.41, 5.74) is 1.39. The molecular weight excluding hydrogens is 350 g/mol. The van der Waals surface area contributed by atoms with Crippen molar-refractivity contribution in [1.29, 1.82) is 0 Å². The first-order valence-corrected chi connectivity index (χ1v) is 11.1. The van der Waals surface area contributed by atoms with E-state index in [2.05, 4.69) is 40.5 Å². The first-order valence-electron chi connectivity index (χ1n) is 11.1. The maximum Gasteiger partial charge on any atom is 0.237 e. The molecule has 5 heteroatoms. The molecule has 0 aromatic heterocycles. The lowest BCUT2D eigenvalue weighted by Crippen LogP contribution is -2.59. The Morgan fingerprint density at radius 3 is 2.43 bits per heavy atom. The Morgan fingerprint density at radius 2 is 1.71 bits per heavy atom. The highest BCUT2D eigenvalue weighted by Crippen LogP contribution is 2.28. The van der Waals surface area contributed by atoms with Gasteiger partial charge in [0.05, 0.1) is 12.5 Å². The van der Waals surface area contributed by atoms with Gasteiger partial charge in [0, 0.05) is 32.2 Å². The van der Waals surface area contributed by atoms with Crippen molar-refractivity contribution < 1.29 is 9.59 Å². The van der Waals surface area contributed by atoms with Gasteiger partial charge in [-0.05, 0) is 43.6 Å². The third kappa shape index (κ3) is 4.57. The van der Waals surface area contributed by atoms with Gasteiger partial charge in [-0.1, -0.05) is 43.2 Å². The van der Waals surface area contributed by atoms with Crippen molar-refractivity contribution in [2.24, 2.45) is 5.92 Å². The molecule has 1 N–H and O–H groups in total. The fourth-order valence-corrected chi connectivity index (χ4v) is 5.24. The smallest absolute Gasteiger partial charge is 0.237 e. The van der Waals surface area contributed by atoms with Crippen molar-refractivity contribution in [2.45, 2.75) is 63.5 Å². The molecule has 0 bridgehead atoms. The standard InChI is InChI=1S/C23H33N3O2/c27-22(17-21-23(28)24-12-15-26(21)20-8-4-5-9-20)25-13-10-19(11-14-25)16-18-6-2-1-3-7-18/h1-3,6-7,19-21H,4-5,8-17H2,(H,24,28)/t21-/m0/s1. The molecule has 152 valence electrons. The predicted molar refractivity (Wildman–Crippen MR) is 110 cm³/mol. The largest absolute Gasteiger partial charge is 0.353 e. The zero-order valence-corrected chi connectivity index (χ0v) is 16.8. The second kappa shape index (κ2) is 9.08. The summed E-state index contributed by atoms with van der Waals surface area (Å²) in [6.45, 7) is 3.25. The van der Waals surface area contributed by atoms with Gasteiger partial charge in [-0.25, -0.2) is 0 Å². The molecule has 3 fully saturated rings. The summed E-state index contributed by atoms with van der Waals surface area (Å²) in [5.74, 6) is 0.855. The molecular formula is C23H33N3O2. The van der Waals surface area contributed by atoms with Crippen LogP contribution in [0.3, 0.4) is 0 Å². The van der Waals surface area contributed by atoms with Gasteiger partial charge in [0.2, 0.25) is 11.8 Å². The average Bonchev–Trinajstić information content (AvgIpc) is 3.25. The van der Waals surface area contributed by atoms with Crippen LogP contribution in [0.4, 0.5) is 0 Å². The summed E-state index contributed by atoms with van der Waals surface area (Å²) in [6.07, 6.45) is 8.39. The number of piperidine rings is 1. The number of piperazine rings is 1. The number of rotatable bonds is 5. The third-order valence-electron chi connectivity index (χ3n) is 6.87. The monoisotopic (exact) mass is 383 g/mol. The summed E-state index contributed by atoms with van der Waals surface area (Å²) in [4.78, 5) is 29.8. The van der Waals surface area contributed by atoms with Crippen LogP contribution in [0.5, 0.6) is 0 Å². The number of amides is 2. The zero-order chi connectivity index (χ0) is 19.3. The van der Waals surface area contributed by atoms with Crippen LogP contribution in [0.25, 0.3) is 0 Å². The molecule has 4 rings (SSSR count). The number of hydrogen-bond donors (Lipinski definition) is 1. The molecule has 1 aromatic carbocycles. The fraction of sp³-hybridized carbons (Fsp3) is 0.652. The van der Waals surface area contributed by atoms with Crippen molar-refractivity contribution in [1.82, 2.24) is 15.1 Å². The van der Waals surface area contributed by atoms with E-state index in [-0.39, 0.29) is 17.9 Å². The minimum Gasteiger partial charge on any atom is -0.353 e. The molecule has 1 aromatic rings. The average molecular weight is 384 g/mol. The van der Waals surface area contributed by atoms with E-state index in [1.54, 1.807) is 0 Å². The minimum atomic E-state index is -0.272. The van der Waals surface area contributed by atoms with Crippen LogP contribution in [-0.2, 0) is 16.0 Å². The van der Waals surface area contributed by atoms with E-state index in [0.29, 0.717) is 24.9 Å². The van der Waals surface area contributed by atoms with Crippen LogP contribution in [0.2, 0.25) is 0 Å². The van der Waals surface area contributed by atoms with Gasteiger partial charge in [-0.2, -0.15) is 0 Å². The molecule has 0 spiro atoms. The Kier molecular flexibility index (Phi) is 6.30. The van der Waals surface area contributed by atoms with Crippen molar-refractivity contribution in [3.05, 3.63) is 35.9 Å². The number of carbonyl (C=O) groups is 2. The predicted octanol–water partition coefficient (Wildman–Crippen LogP) is 2.60. The molecule has 5 nitrogen and oxygen atoms in total. The minimum absolute atomic E-state index is 0.0467. The number of hydrogen-bond acceptors (Lipinski definition) is 3. The van der Waals surface area contributed by atoms with E-state index >= 15 is 0 Å². The van der Waals surface area contributed by atoms with E-state index in [4.69, 9.17) is 0 Å². The summed E-state index contributed by atoms with van der Waals surface area (Å²) in [7, 11) is 0. The number of likely N-dealkylation sites (tertiary alicyclic amines) is 1. The molecule has 2 saturated heterocycles. The Hall–Kier alpha value is -1.88. The lowest BCUT2D eigenvalue weighted by molar-refractivity contribution is -0.140. The van der Waals surface area contributed by atoms with Gasteiger partial charge in [0.15, 0.2) is 0 Å². The van der Waals surface area contributed by atoms with Crippen LogP contribution in [0.1, 0.15) is 50.5 Å². The quantitative estimate of drug-likeness (QED) is 0.850. The van der Waals surface area contributed by atoms with Crippen LogP contribution in [-0.4, -0.2) is 59.9 Å². The van der Waals surface area contributed by atoms with Crippen LogP contribution in [0, 0.1) is 5.92 Å². The lowest BCUT2D eigenvalue weighted by atomic mass is 9.90. The highest BCUT2D eigenvalue weighted by molar-refractivity contribution is 5.89. The summed E-state index contributed by atoms with van der Waals surface area (Å²) in [5, 5.41) is 2.98. The number of nitrogens with one attached hydrogen (secondary N) is 1. The summed E-state index contributed by atoms with van der Waals surface area (Å²) < 4.78 is 0. The molecule has 1 saturated carbocycles. The third-order valence-corrected chi connectivity index (χ3v) is 6.87. The molecule has 2 heterocycles. The van der Waals surface area contributed by atoms with Crippen LogP contribution in [0.15, 0.2) is 30.3 Å². The van der Waals surface area contributed by atoms with E-state index in [1.807, 2.05) is 4.90 Å². The SMILES string of the molecule is O=C1NCCN(C2CCCC2)[C@H]1CC(=O)N1CCC(Cc2ccccc2)CC1. The number of nitrogens with zero attached hydrogens (tertiary/aromatic N) is 2. The van der Waals surface area contributed by atoms with Gasteiger partial charge in [-0.15, -0.1) is 0 Å². The zero-order valence-electron chi connectivity index (χ0n) is 16.8. The molecule has 2 amide bonds. The molecule has 1 atom stereocenters. The van der Waals surface area contributed by atoms with Gasteiger partial charge >= 0.3 is 0 Å². The maximum absolute atomic E-state index is 13.0. The highest BCUT2D eigenvalue weighted by atomic mass is 16.2. The van der Waals surface area contributed by atoms with E-state index in [0.717, 1.165) is 38.9 Å². The molecule has 1 aliphatic carbocycles. The first-order chi connectivity index (χ1) is 13.7. The van der Waals surface area contributed by atoms with Gasteiger partial charge in [0.1, 0.15) is 0 Å². The molecule has 0 unspecified atom stereocenters. The summed E-state index contributed by atoms with van der Waals surface area (Å²) in [6, 6.07) is 10.8. The van der Waals surface area contributed by atoms with E-state index in [9.17, 15) is 9.59 Å². The van der Waals surface area contributed by atoms with Crippen LogP contribution >= 0.6 is 0 Å². The molecule has 28 heavy (non-hydrogen) atoms. The second-order valence-electron chi connectivity index (χ2n) is 8.70. The Labute approximate surface area is 168 Å². The molecule has 3 aliphatic rings. The van der Waals surface area contributed by atoms with Crippen molar-refractivity contribution in [3.63, 3.8) is 0 Å². The van der Waals surface area contributed by atoms with E-state index in [1.165, 1.54) is 31.2 Å². The molecule has 0 radical (unpaired) electrons. The lowest BCUT2D eigenvalue weighted by Gasteiger charge is -2.40. The van der Waals surface area contributed by atoms with Gasteiger partial charge in [0.25, 0.3) is 0 Å². The second-order valence-corrected chi connectivity index (χ2v) is 8.70. The topological polar surface area (TPSA) is 52.7 Å². The van der Waals surface area contributed by atoms with Crippen LogP contribution < -0.4 is 5.32 Å². The summed E-state index contributed by atoms with van der Waals surface area (Å²) >= 11 is 0. The van der Waals surface area contributed by atoms with Crippen molar-refractivity contribution in [2.75, 3.05) is 26.2 Å². The van der Waals surface area contributed by atoms with E-state index < -0.39 is 0 Å². The Morgan fingerprint density at radius 1 is 1.00 bits per heavy atom. The number of carbonyl (C=O) groups excluding carboxylic acids is 2. The highest BCUT2D eigenvalue weighted by Gasteiger charge is 2.37. The number of benzene rings is 1. The maximum atomic E-state index is 13.0. The molecule has 2 aliphatic heterocycles. The normalized spacial score (nSPS) is 25.1. The fourth-order valence-electron chi connectivity index (χ4n) is 5.24. The first kappa shape index (κ1) is 19.4.